The zero-order valence-corrected chi connectivity index (χ0v) is 12.2. The minimum absolute atomic E-state index is 0.0607. The molecule has 1 N–H and O–H groups in total. The van der Waals surface area contributed by atoms with Crippen LogP contribution in [-0.2, 0) is 23.1 Å². The van der Waals surface area contributed by atoms with Crippen molar-refractivity contribution in [2.45, 2.75) is 25.7 Å². The highest BCUT2D eigenvalue weighted by Crippen LogP contribution is 2.44. The van der Waals surface area contributed by atoms with Crippen molar-refractivity contribution in [2.24, 2.45) is 24.8 Å². The number of carbonyl (C=O) groups excluding carboxylic acids is 1. The Morgan fingerprint density at radius 2 is 2.14 bits per heavy atom. The Labute approximate surface area is 123 Å². The number of carboxylic acids is 1. The largest absolute Gasteiger partial charge is 0.481 e. The minimum atomic E-state index is -0.756. The van der Waals surface area contributed by atoms with E-state index in [0.29, 0.717) is 31.8 Å². The second-order valence-corrected chi connectivity index (χ2v) is 6.19. The van der Waals surface area contributed by atoms with E-state index in [0.717, 1.165) is 18.5 Å². The first-order chi connectivity index (χ1) is 10.1. The predicted molar refractivity (Wildman–Crippen MR) is 75.4 cm³/mol. The molecule has 1 amide bonds. The highest BCUT2D eigenvalue weighted by Gasteiger charge is 2.46. The van der Waals surface area contributed by atoms with Crippen LogP contribution in [0.2, 0.25) is 0 Å². The highest BCUT2D eigenvalue weighted by molar-refractivity contribution is 5.79. The van der Waals surface area contributed by atoms with Crippen molar-refractivity contribution in [3.05, 3.63) is 18.0 Å². The zero-order chi connectivity index (χ0) is 15.0. The summed E-state index contributed by atoms with van der Waals surface area (Å²) in [7, 11) is 1.86. The molecule has 0 bridgehead atoms. The normalized spacial score (nSPS) is 25.3. The Morgan fingerprint density at radius 3 is 2.71 bits per heavy atom. The van der Waals surface area contributed by atoms with Gasteiger partial charge in [0, 0.05) is 38.4 Å². The maximum absolute atomic E-state index is 12.3. The van der Waals surface area contributed by atoms with Crippen LogP contribution < -0.4 is 0 Å². The molecule has 3 rings (SSSR count). The summed E-state index contributed by atoms with van der Waals surface area (Å²) in [5.74, 6) is -0.401. The molecule has 114 valence electrons. The number of likely N-dealkylation sites (tertiary alicyclic amines) is 1. The topological polar surface area (TPSA) is 75.4 Å². The fraction of sp³-hybridized carbons (Fsp3) is 0.667. The summed E-state index contributed by atoms with van der Waals surface area (Å²) in [5, 5.41) is 13.4. The summed E-state index contributed by atoms with van der Waals surface area (Å²) in [5.41, 5.74) is 1.02. The second kappa shape index (κ2) is 5.50. The average molecular weight is 291 g/mol. The number of aryl methyl sites for hydroxylation is 2. The van der Waals surface area contributed by atoms with Gasteiger partial charge in [-0.2, -0.15) is 5.10 Å². The van der Waals surface area contributed by atoms with E-state index in [1.165, 1.54) is 0 Å². The van der Waals surface area contributed by atoms with Gasteiger partial charge in [-0.1, -0.05) is 0 Å². The number of carboxylic acid groups (broad SMARTS) is 1. The van der Waals surface area contributed by atoms with Crippen molar-refractivity contribution < 1.29 is 14.7 Å². The number of rotatable bonds is 5. The van der Waals surface area contributed by atoms with E-state index in [4.69, 9.17) is 0 Å². The minimum Gasteiger partial charge on any atom is -0.481 e. The van der Waals surface area contributed by atoms with Gasteiger partial charge < -0.3 is 10.0 Å². The SMILES string of the molecule is Cn1nccc1CCC(=O)N1C[C@H](C(=O)O)[C@@H](C2CC2)C1. The summed E-state index contributed by atoms with van der Waals surface area (Å²) < 4.78 is 1.77. The molecule has 1 aliphatic carbocycles. The Hall–Kier alpha value is -1.85. The molecule has 6 heteroatoms. The number of nitrogens with zero attached hydrogens (tertiary/aromatic N) is 3. The third-order valence-electron chi connectivity index (χ3n) is 4.78. The molecular formula is C15H21N3O3. The van der Waals surface area contributed by atoms with Gasteiger partial charge in [0.25, 0.3) is 0 Å². The van der Waals surface area contributed by atoms with Gasteiger partial charge in [-0.25, -0.2) is 0 Å². The van der Waals surface area contributed by atoms with E-state index >= 15 is 0 Å². The summed E-state index contributed by atoms with van der Waals surface area (Å²) >= 11 is 0. The molecule has 0 aromatic carbocycles. The van der Waals surface area contributed by atoms with Gasteiger partial charge in [0.05, 0.1) is 5.92 Å². The second-order valence-electron chi connectivity index (χ2n) is 6.19. The van der Waals surface area contributed by atoms with Crippen molar-refractivity contribution in [1.82, 2.24) is 14.7 Å². The van der Waals surface area contributed by atoms with Gasteiger partial charge in [-0.15, -0.1) is 0 Å². The van der Waals surface area contributed by atoms with Gasteiger partial charge in [-0.3, -0.25) is 14.3 Å². The van der Waals surface area contributed by atoms with E-state index in [9.17, 15) is 14.7 Å². The quantitative estimate of drug-likeness (QED) is 0.875. The molecule has 1 saturated carbocycles. The fourth-order valence-corrected chi connectivity index (χ4v) is 3.34. The maximum Gasteiger partial charge on any atom is 0.308 e. The summed E-state index contributed by atoms with van der Waals surface area (Å²) in [6.07, 6.45) is 5.02. The van der Waals surface area contributed by atoms with Crippen LogP contribution in [0.1, 0.15) is 25.0 Å². The van der Waals surface area contributed by atoms with E-state index in [-0.39, 0.29) is 17.7 Å². The van der Waals surface area contributed by atoms with Crippen molar-refractivity contribution in [3.8, 4) is 0 Å². The van der Waals surface area contributed by atoms with Crippen LogP contribution in [0.15, 0.2) is 12.3 Å². The lowest BCUT2D eigenvalue weighted by Gasteiger charge is -2.16. The third kappa shape index (κ3) is 2.94. The number of hydrogen-bond donors (Lipinski definition) is 1. The van der Waals surface area contributed by atoms with E-state index < -0.39 is 5.97 Å². The van der Waals surface area contributed by atoms with Crippen molar-refractivity contribution in [3.63, 3.8) is 0 Å². The van der Waals surface area contributed by atoms with Crippen LogP contribution in [-0.4, -0.2) is 44.8 Å². The Kier molecular flexibility index (Phi) is 3.69. The van der Waals surface area contributed by atoms with Gasteiger partial charge in [0.2, 0.25) is 5.91 Å². The number of carbonyl (C=O) groups is 2. The summed E-state index contributed by atoms with van der Waals surface area (Å²) in [6.45, 7) is 0.993. The van der Waals surface area contributed by atoms with Crippen LogP contribution in [0.5, 0.6) is 0 Å². The molecule has 1 saturated heterocycles. The van der Waals surface area contributed by atoms with Crippen molar-refractivity contribution in [1.29, 1.82) is 0 Å². The number of hydrogen-bond acceptors (Lipinski definition) is 3. The van der Waals surface area contributed by atoms with E-state index in [1.807, 2.05) is 13.1 Å². The molecular weight excluding hydrogens is 270 g/mol. The first-order valence-electron chi connectivity index (χ1n) is 7.53. The van der Waals surface area contributed by atoms with Crippen LogP contribution in [0, 0.1) is 17.8 Å². The van der Waals surface area contributed by atoms with Gasteiger partial charge in [0.15, 0.2) is 0 Å². The summed E-state index contributed by atoms with van der Waals surface area (Å²) in [4.78, 5) is 25.4. The maximum atomic E-state index is 12.3. The lowest BCUT2D eigenvalue weighted by molar-refractivity contribution is -0.142. The van der Waals surface area contributed by atoms with Gasteiger partial charge in [0.1, 0.15) is 0 Å². The van der Waals surface area contributed by atoms with E-state index in [1.54, 1.807) is 15.8 Å². The first kappa shape index (κ1) is 14.1. The monoisotopic (exact) mass is 291 g/mol. The average Bonchev–Trinajstić information content (AvgIpc) is 3.06. The molecule has 0 spiro atoms. The Balaban J connectivity index is 1.58. The predicted octanol–water partition coefficient (Wildman–Crippen LogP) is 0.922. The fourth-order valence-electron chi connectivity index (χ4n) is 3.34. The van der Waals surface area contributed by atoms with Crippen LogP contribution in [0.3, 0.4) is 0 Å². The molecule has 6 nitrogen and oxygen atoms in total. The molecule has 1 aliphatic heterocycles. The molecule has 2 aliphatic rings. The Bertz CT molecular complexity index is 550. The van der Waals surface area contributed by atoms with Crippen LogP contribution in [0.4, 0.5) is 0 Å². The number of aliphatic carboxylic acids is 1. The van der Waals surface area contributed by atoms with Crippen LogP contribution in [0.25, 0.3) is 0 Å². The molecule has 1 aromatic heterocycles. The molecule has 1 aromatic rings. The molecule has 21 heavy (non-hydrogen) atoms. The number of aromatic nitrogens is 2. The van der Waals surface area contributed by atoms with Gasteiger partial charge in [-0.05, 0) is 37.2 Å². The highest BCUT2D eigenvalue weighted by atomic mass is 16.4. The first-order valence-corrected chi connectivity index (χ1v) is 7.53. The van der Waals surface area contributed by atoms with Gasteiger partial charge >= 0.3 is 5.97 Å². The van der Waals surface area contributed by atoms with E-state index in [2.05, 4.69) is 5.10 Å². The summed E-state index contributed by atoms with van der Waals surface area (Å²) in [6, 6.07) is 1.91. The van der Waals surface area contributed by atoms with Crippen LogP contribution >= 0.6 is 0 Å². The lowest BCUT2D eigenvalue weighted by atomic mass is 9.92. The Morgan fingerprint density at radius 1 is 1.38 bits per heavy atom. The molecule has 2 fully saturated rings. The number of amides is 1. The van der Waals surface area contributed by atoms with Crippen molar-refractivity contribution in [2.75, 3.05) is 13.1 Å². The smallest absolute Gasteiger partial charge is 0.308 e. The zero-order valence-electron chi connectivity index (χ0n) is 12.2. The molecule has 0 radical (unpaired) electrons. The standard InChI is InChI=1S/C15H21N3O3/c1-17-11(6-7-16-17)4-5-14(19)18-8-12(10-2-3-10)13(9-18)15(20)21/h6-7,10,12-13H,2-5,8-9H2,1H3,(H,20,21)/t12-,13+/m1/s1. The lowest BCUT2D eigenvalue weighted by Crippen LogP contribution is -2.30. The molecule has 0 unspecified atom stereocenters. The third-order valence-corrected chi connectivity index (χ3v) is 4.78. The molecule has 2 atom stereocenters. The van der Waals surface area contributed by atoms with Crippen molar-refractivity contribution >= 4 is 11.9 Å². The molecule has 2 heterocycles.